The third-order valence-electron chi connectivity index (χ3n) is 2.09. The van der Waals surface area contributed by atoms with Crippen molar-refractivity contribution in [3.8, 4) is 11.5 Å². The number of methoxy groups -OCH3 is 2. The van der Waals surface area contributed by atoms with Crippen LogP contribution in [0.5, 0.6) is 11.5 Å². The molecular formula is C10H14BrNO3. The van der Waals surface area contributed by atoms with Gasteiger partial charge < -0.3 is 20.3 Å². The molecule has 0 aromatic heterocycles. The molecule has 1 aromatic rings. The van der Waals surface area contributed by atoms with Crippen molar-refractivity contribution in [2.24, 2.45) is 5.73 Å². The Bertz CT molecular complexity index is 344. The third-order valence-corrected chi connectivity index (χ3v) is 2.77. The molecule has 0 spiro atoms. The van der Waals surface area contributed by atoms with E-state index in [4.69, 9.17) is 15.2 Å². The first-order chi connectivity index (χ1) is 7.13. The van der Waals surface area contributed by atoms with E-state index in [1.54, 1.807) is 26.4 Å². The van der Waals surface area contributed by atoms with E-state index in [1.807, 2.05) is 0 Å². The lowest BCUT2D eigenvalue weighted by atomic mass is 10.1. The third kappa shape index (κ3) is 2.62. The molecule has 0 heterocycles. The van der Waals surface area contributed by atoms with Crippen molar-refractivity contribution in [3.05, 3.63) is 22.2 Å². The van der Waals surface area contributed by atoms with E-state index in [0.29, 0.717) is 17.1 Å². The lowest BCUT2D eigenvalue weighted by Crippen LogP contribution is -2.12. The summed E-state index contributed by atoms with van der Waals surface area (Å²) >= 11 is 3.34. The zero-order valence-corrected chi connectivity index (χ0v) is 10.2. The number of aliphatic hydroxyl groups excluding tert-OH is 1. The number of ether oxygens (including phenoxy) is 2. The summed E-state index contributed by atoms with van der Waals surface area (Å²) in [5.74, 6) is 1.18. The normalized spacial score (nSPS) is 12.3. The molecule has 0 bridgehead atoms. The molecule has 4 nitrogen and oxygen atoms in total. The van der Waals surface area contributed by atoms with Crippen LogP contribution in [0.4, 0.5) is 0 Å². The topological polar surface area (TPSA) is 64.7 Å². The summed E-state index contributed by atoms with van der Waals surface area (Å²) < 4.78 is 11.0. The predicted octanol–water partition coefficient (Wildman–Crippen LogP) is 1.46. The molecule has 0 unspecified atom stereocenters. The Morgan fingerprint density at radius 3 is 2.33 bits per heavy atom. The molecule has 1 atom stereocenters. The summed E-state index contributed by atoms with van der Waals surface area (Å²) in [6.45, 7) is 0.161. The maximum Gasteiger partial charge on any atom is 0.161 e. The van der Waals surface area contributed by atoms with Gasteiger partial charge in [-0.3, -0.25) is 0 Å². The second-order valence-corrected chi connectivity index (χ2v) is 3.83. The smallest absolute Gasteiger partial charge is 0.161 e. The van der Waals surface area contributed by atoms with Crippen molar-refractivity contribution in [1.82, 2.24) is 0 Å². The molecule has 0 aliphatic heterocycles. The summed E-state index contributed by atoms with van der Waals surface area (Å²) in [7, 11) is 3.10. The number of benzene rings is 1. The SMILES string of the molecule is COc1cc(Br)c([C@H](O)CN)cc1OC. The van der Waals surface area contributed by atoms with Gasteiger partial charge in [0.2, 0.25) is 0 Å². The fourth-order valence-corrected chi connectivity index (χ4v) is 1.84. The van der Waals surface area contributed by atoms with Crippen LogP contribution in [-0.2, 0) is 0 Å². The minimum Gasteiger partial charge on any atom is -0.493 e. The molecule has 1 aromatic carbocycles. The van der Waals surface area contributed by atoms with E-state index in [1.165, 1.54) is 0 Å². The number of hydrogen-bond acceptors (Lipinski definition) is 4. The van der Waals surface area contributed by atoms with E-state index in [9.17, 15) is 5.11 Å². The van der Waals surface area contributed by atoms with Crippen LogP contribution in [0.15, 0.2) is 16.6 Å². The van der Waals surface area contributed by atoms with Crippen LogP contribution < -0.4 is 15.2 Å². The van der Waals surface area contributed by atoms with Gasteiger partial charge in [-0.15, -0.1) is 0 Å². The van der Waals surface area contributed by atoms with Gasteiger partial charge in [-0.1, -0.05) is 15.9 Å². The number of aliphatic hydroxyl groups is 1. The molecule has 0 fully saturated rings. The van der Waals surface area contributed by atoms with Crippen LogP contribution in [0.2, 0.25) is 0 Å². The first-order valence-corrected chi connectivity index (χ1v) is 5.22. The molecule has 1 rings (SSSR count). The lowest BCUT2D eigenvalue weighted by molar-refractivity contribution is 0.185. The van der Waals surface area contributed by atoms with Crippen molar-refractivity contribution >= 4 is 15.9 Å². The van der Waals surface area contributed by atoms with Crippen molar-refractivity contribution in [3.63, 3.8) is 0 Å². The molecule has 0 aliphatic carbocycles. The molecular weight excluding hydrogens is 262 g/mol. The Morgan fingerprint density at radius 1 is 1.33 bits per heavy atom. The lowest BCUT2D eigenvalue weighted by Gasteiger charge is -2.14. The van der Waals surface area contributed by atoms with Gasteiger partial charge in [0.25, 0.3) is 0 Å². The fourth-order valence-electron chi connectivity index (χ4n) is 1.25. The molecule has 84 valence electrons. The van der Waals surface area contributed by atoms with Gasteiger partial charge in [0.15, 0.2) is 11.5 Å². The van der Waals surface area contributed by atoms with Crippen molar-refractivity contribution in [2.45, 2.75) is 6.10 Å². The first-order valence-electron chi connectivity index (χ1n) is 4.43. The van der Waals surface area contributed by atoms with Crippen molar-refractivity contribution in [1.29, 1.82) is 0 Å². The minimum atomic E-state index is -0.709. The Morgan fingerprint density at radius 2 is 1.87 bits per heavy atom. The Balaban J connectivity index is 3.19. The van der Waals surface area contributed by atoms with Gasteiger partial charge in [-0.05, 0) is 17.7 Å². The molecule has 0 saturated heterocycles. The van der Waals surface area contributed by atoms with Gasteiger partial charge in [0, 0.05) is 11.0 Å². The van der Waals surface area contributed by atoms with Gasteiger partial charge in [-0.25, -0.2) is 0 Å². The van der Waals surface area contributed by atoms with E-state index in [-0.39, 0.29) is 6.54 Å². The quantitative estimate of drug-likeness (QED) is 0.873. The summed E-state index contributed by atoms with van der Waals surface area (Å²) in [5, 5.41) is 9.64. The maximum atomic E-state index is 9.64. The summed E-state index contributed by atoms with van der Waals surface area (Å²) in [6.07, 6.45) is -0.709. The highest BCUT2D eigenvalue weighted by molar-refractivity contribution is 9.10. The highest BCUT2D eigenvalue weighted by Crippen LogP contribution is 2.35. The summed E-state index contributed by atoms with van der Waals surface area (Å²) in [5.41, 5.74) is 6.08. The van der Waals surface area contributed by atoms with Crippen LogP contribution in [-0.4, -0.2) is 25.9 Å². The summed E-state index contributed by atoms with van der Waals surface area (Å²) in [4.78, 5) is 0. The maximum absolute atomic E-state index is 9.64. The molecule has 0 saturated carbocycles. The number of nitrogens with two attached hydrogens (primary N) is 1. The molecule has 15 heavy (non-hydrogen) atoms. The van der Waals surface area contributed by atoms with E-state index >= 15 is 0 Å². The Labute approximate surface area is 97.1 Å². The van der Waals surface area contributed by atoms with Crippen LogP contribution in [0.1, 0.15) is 11.7 Å². The Kier molecular flexibility index (Phi) is 4.38. The first kappa shape index (κ1) is 12.3. The molecule has 0 aliphatic rings. The molecule has 3 N–H and O–H groups in total. The average Bonchev–Trinajstić information content (AvgIpc) is 2.27. The second kappa shape index (κ2) is 5.34. The number of rotatable bonds is 4. The van der Waals surface area contributed by atoms with Crippen LogP contribution in [0, 0.1) is 0 Å². The largest absolute Gasteiger partial charge is 0.493 e. The van der Waals surface area contributed by atoms with Gasteiger partial charge in [-0.2, -0.15) is 0 Å². The molecule has 5 heteroatoms. The number of hydrogen-bond donors (Lipinski definition) is 2. The highest BCUT2D eigenvalue weighted by Gasteiger charge is 2.14. The van der Waals surface area contributed by atoms with E-state index in [2.05, 4.69) is 15.9 Å². The zero-order chi connectivity index (χ0) is 11.4. The van der Waals surface area contributed by atoms with Gasteiger partial charge >= 0.3 is 0 Å². The Hall–Kier alpha value is -0.780. The van der Waals surface area contributed by atoms with E-state index < -0.39 is 6.10 Å². The minimum absolute atomic E-state index is 0.161. The van der Waals surface area contributed by atoms with Gasteiger partial charge in [0.1, 0.15) is 0 Å². The standard InChI is InChI=1S/C10H14BrNO3/c1-14-9-3-6(8(13)5-12)7(11)4-10(9)15-2/h3-4,8,13H,5,12H2,1-2H3/t8-/m1/s1. The van der Waals surface area contributed by atoms with Crippen molar-refractivity contribution < 1.29 is 14.6 Å². The molecule has 0 amide bonds. The fraction of sp³-hybridized carbons (Fsp3) is 0.400. The second-order valence-electron chi connectivity index (χ2n) is 2.98. The van der Waals surface area contributed by atoms with Crippen LogP contribution in [0.3, 0.4) is 0 Å². The van der Waals surface area contributed by atoms with Gasteiger partial charge in [0.05, 0.1) is 20.3 Å². The summed E-state index contributed by atoms with van der Waals surface area (Å²) in [6, 6.07) is 3.45. The number of halogens is 1. The monoisotopic (exact) mass is 275 g/mol. The van der Waals surface area contributed by atoms with E-state index in [0.717, 1.165) is 4.47 Å². The zero-order valence-electron chi connectivity index (χ0n) is 8.66. The molecule has 0 radical (unpaired) electrons. The predicted molar refractivity (Wildman–Crippen MR) is 61.3 cm³/mol. The van der Waals surface area contributed by atoms with Crippen LogP contribution in [0.25, 0.3) is 0 Å². The van der Waals surface area contributed by atoms with Crippen LogP contribution >= 0.6 is 15.9 Å². The highest BCUT2D eigenvalue weighted by atomic mass is 79.9. The van der Waals surface area contributed by atoms with Crippen molar-refractivity contribution in [2.75, 3.05) is 20.8 Å². The average molecular weight is 276 g/mol.